The minimum atomic E-state index is -1.04. The second-order valence-corrected chi connectivity index (χ2v) is 12.5. The largest absolute Gasteiger partial charge is 0.464 e. The fraction of sp³-hybridized carbons (Fsp3) is 0.480. The van der Waals surface area contributed by atoms with Crippen molar-refractivity contribution < 1.29 is 18.5 Å². The van der Waals surface area contributed by atoms with Gasteiger partial charge < -0.3 is 14.4 Å². The minimum absolute atomic E-state index is 0.127. The first kappa shape index (κ1) is 26.0. The molecule has 0 bridgehead atoms. The van der Waals surface area contributed by atoms with Gasteiger partial charge in [0.05, 0.1) is 10.0 Å². The maximum atomic E-state index is 12.4. The number of ether oxygens (including phenoxy) is 2. The van der Waals surface area contributed by atoms with Crippen LogP contribution in [0.2, 0.25) is 5.02 Å². The Morgan fingerprint density at radius 2 is 1.86 bits per heavy atom. The molecule has 0 spiro atoms. The fourth-order valence-corrected chi connectivity index (χ4v) is 5.60. The Bertz CT molecular complexity index is 1100. The van der Waals surface area contributed by atoms with Gasteiger partial charge in [-0.2, -0.15) is 0 Å². The number of carbonyl (C=O) groups excluding carboxylic acids is 1. The number of carbonyl (C=O) groups is 1. The average molecular weight is 536 g/mol. The molecule has 0 aliphatic carbocycles. The topological polar surface area (TPSA) is 81.1 Å². The Morgan fingerprint density at radius 1 is 1.17 bits per heavy atom. The molecule has 2 aliphatic heterocycles. The summed E-state index contributed by atoms with van der Waals surface area (Å²) in [6.45, 7) is 6.81. The molecule has 35 heavy (non-hydrogen) atoms. The van der Waals surface area contributed by atoms with Gasteiger partial charge in [-0.15, -0.1) is 0 Å². The van der Waals surface area contributed by atoms with Crippen LogP contribution in [0.1, 0.15) is 45.2 Å². The molecule has 0 N–H and O–H groups in total. The maximum absolute atomic E-state index is 12.4. The molecule has 0 radical (unpaired) electrons. The maximum Gasteiger partial charge on any atom is 0.410 e. The molecule has 188 valence electrons. The van der Waals surface area contributed by atoms with Gasteiger partial charge in [0.15, 0.2) is 11.3 Å². The van der Waals surface area contributed by atoms with Crippen molar-refractivity contribution in [1.29, 1.82) is 0 Å². The first-order chi connectivity index (χ1) is 16.6. The number of hydrogen-bond donors (Lipinski definition) is 0. The molecule has 3 unspecified atom stereocenters. The SMILES string of the molecule is CS(=O)c1ccc(C2N=C(C3CCN(C(=O)OC(C)(C)C)CC3)OC2Sc2ccc(Cl)cn2)cc1. The van der Waals surface area contributed by atoms with E-state index in [9.17, 15) is 9.00 Å². The molecule has 4 rings (SSSR count). The molecular formula is C25H30ClN3O4S2. The molecule has 1 amide bonds. The van der Waals surface area contributed by atoms with Gasteiger partial charge in [0.2, 0.25) is 0 Å². The van der Waals surface area contributed by atoms with Gasteiger partial charge in [0, 0.05) is 47.2 Å². The smallest absolute Gasteiger partial charge is 0.410 e. The summed E-state index contributed by atoms with van der Waals surface area (Å²) in [7, 11) is -1.04. The van der Waals surface area contributed by atoms with Crippen molar-refractivity contribution >= 4 is 46.2 Å². The molecule has 1 aromatic carbocycles. The van der Waals surface area contributed by atoms with Crippen molar-refractivity contribution in [3.8, 4) is 0 Å². The molecule has 2 aromatic rings. The third kappa shape index (κ3) is 6.77. The van der Waals surface area contributed by atoms with Gasteiger partial charge >= 0.3 is 6.09 Å². The van der Waals surface area contributed by atoms with Gasteiger partial charge in [0.25, 0.3) is 0 Å². The van der Waals surface area contributed by atoms with Crippen molar-refractivity contribution in [2.75, 3.05) is 19.3 Å². The highest BCUT2D eigenvalue weighted by Crippen LogP contribution is 2.41. The molecule has 1 saturated heterocycles. The van der Waals surface area contributed by atoms with Crippen LogP contribution in [0.5, 0.6) is 0 Å². The lowest BCUT2D eigenvalue weighted by atomic mass is 9.97. The summed E-state index contributed by atoms with van der Waals surface area (Å²) in [5.41, 5.74) is 0.187. The second kappa shape index (κ2) is 10.9. The van der Waals surface area contributed by atoms with Crippen molar-refractivity contribution in [2.45, 2.75) is 60.6 Å². The Kier molecular flexibility index (Phi) is 8.08. The molecule has 3 heterocycles. The van der Waals surface area contributed by atoms with Gasteiger partial charge in [-0.25, -0.2) is 14.8 Å². The molecule has 10 heteroatoms. The summed E-state index contributed by atoms with van der Waals surface area (Å²) in [5.74, 6) is 0.843. The number of pyridine rings is 1. The molecule has 2 aliphatic rings. The van der Waals surface area contributed by atoms with Gasteiger partial charge in [-0.3, -0.25) is 4.21 Å². The number of amides is 1. The van der Waals surface area contributed by atoms with Crippen LogP contribution < -0.4 is 0 Å². The zero-order valence-corrected chi connectivity index (χ0v) is 22.7. The predicted molar refractivity (Wildman–Crippen MR) is 139 cm³/mol. The number of rotatable bonds is 5. The van der Waals surface area contributed by atoms with Crippen molar-refractivity contribution in [3.63, 3.8) is 0 Å². The van der Waals surface area contributed by atoms with Crippen LogP contribution in [0, 0.1) is 5.92 Å². The predicted octanol–water partition coefficient (Wildman–Crippen LogP) is 5.71. The molecule has 7 nitrogen and oxygen atoms in total. The van der Waals surface area contributed by atoms with E-state index in [1.54, 1.807) is 23.4 Å². The number of aromatic nitrogens is 1. The normalized spacial score (nSPS) is 21.9. The zero-order valence-electron chi connectivity index (χ0n) is 20.3. The van der Waals surface area contributed by atoms with E-state index >= 15 is 0 Å². The van der Waals surface area contributed by atoms with E-state index in [0.717, 1.165) is 28.3 Å². The Labute approximate surface area is 218 Å². The molecular weight excluding hydrogens is 506 g/mol. The second-order valence-electron chi connectivity index (χ2n) is 9.60. The van der Waals surface area contributed by atoms with Gasteiger partial charge in [-0.1, -0.05) is 35.5 Å². The van der Waals surface area contributed by atoms with Gasteiger partial charge in [0.1, 0.15) is 11.6 Å². The number of piperidine rings is 1. The summed E-state index contributed by atoms with van der Waals surface area (Å²) in [6.07, 6.45) is 4.52. The van der Waals surface area contributed by atoms with Gasteiger partial charge in [-0.05, 0) is 63.4 Å². The van der Waals surface area contributed by atoms with Crippen molar-refractivity contribution in [3.05, 3.63) is 53.2 Å². The highest BCUT2D eigenvalue weighted by Gasteiger charge is 2.38. The minimum Gasteiger partial charge on any atom is -0.464 e. The molecule has 1 aromatic heterocycles. The van der Waals surface area contributed by atoms with Crippen LogP contribution in [0.25, 0.3) is 0 Å². The average Bonchev–Trinajstić information content (AvgIpc) is 3.23. The summed E-state index contributed by atoms with van der Waals surface area (Å²) < 4.78 is 23.7. The lowest BCUT2D eigenvalue weighted by molar-refractivity contribution is 0.0196. The lowest BCUT2D eigenvalue weighted by Crippen LogP contribution is -2.43. The number of thioether (sulfide) groups is 1. The summed E-state index contributed by atoms with van der Waals surface area (Å²) in [4.78, 5) is 24.4. The highest BCUT2D eigenvalue weighted by molar-refractivity contribution is 7.99. The first-order valence-electron chi connectivity index (χ1n) is 11.5. The Hall–Kier alpha value is -2.10. The van der Waals surface area contributed by atoms with E-state index in [1.807, 2.05) is 51.1 Å². The van der Waals surface area contributed by atoms with Crippen LogP contribution in [-0.4, -0.2) is 56.5 Å². The zero-order chi connectivity index (χ0) is 25.2. The van der Waals surface area contributed by atoms with Crippen LogP contribution in [0.4, 0.5) is 4.79 Å². The van der Waals surface area contributed by atoms with Crippen molar-refractivity contribution in [2.24, 2.45) is 10.9 Å². The molecule has 1 fully saturated rings. The van der Waals surface area contributed by atoms with E-state index in [-0.39, 0.29) is 23.5 Å². The number of nitrogens with zero attached hydrogens (tertiary/aromatic N) is 3. The van der Waals surface area contributed by atoms with E-state index in [2.05, 4.69) is 4.98 Å². The van der Waals surface area contributed by atoms with E-state index in [0.29, 0.717) is 24.0 Å². The molecule has 0 saturated carbocycles. The highest BCUT2D eigenvalue weighted by atomic mass is 35.5. The summed E-state index contributed by atoms with van der Waals surface area (Å²) in [5, 5.41) is 1.38. The fourth-order valence-electron chi connectivity index (χ4n) is 3.98. The monoisotopic (exact) mass is 535 g/mol. The van der Waals surface area contributed by atoms with E-state index in [4.69, 9.17) is 26.1 Å². The number of likely N-dealkylation sites (tertiary alicyclic amines) is 1. The van der Waals surface area contributed by atoms with Crippen LogP contribution >= 0.6 is 23.4 Å². The lowest BCUT2D eigenvalue weighted by Gasteiger charge is -2.33. The summed E-state index contributed by atoms with van der Waals surface area (Å²) in [6, 6.07) is 11.1. The third-order valence-corrected chi connectivity index (χ3v) is 7.98. The number of halogens is 1. The summed E-state index contributed by atoms with van der Waals surface area (Å²) >= 11 is 7.50. The van der Waals surface area contributed by atoms with Crippen LogP contribution in [0.15, 0.2) is 57.5 Å². The van der Waals surface area contributed by atoms with Crippen LogP contribution in [0.3, 0.4) is 0 Å². The number of aliphatic imine (C=N–C) groups is 1. The van der Waals surface area contributed by atoms with E-state index in [1.165, 1.54) is 11.8 Å². The standard InChI is InChI=1S/C25H30ClN3O4S2/c1-25(2,3)33-24(30)29-13-11-17(12-14-29)22-28-21(16-5-8-19(9-6-16)35(4)31)23(32-22)34-20-10-7-18(26)15-27-20/h5-10,15,17,21,23H,11-14H2,1-4H3. The Morgan fingerprint density at radius 3 is 2.43 bits per heavy atom. The number of hydrogen-bond acceptors (Lipinski definition) is 7. The quantitative estimate of drug-likeness (QED) is 0.488. The van der Waals surface area contributed by atoms with Crippen molar-refractivity contribution in [1.82, 2.24) is 9.88 Å². The molecule has 3 atom stereocenters. The van der Waals surface area contributed by atoms with E-state index < -0.39 is 16.4 Å². The first-order valence-corrected chi connectivity index (χ1v) is 14.3. The third-order valence-electron chi connectivity index (χ3n) is 5.75. The van der Waals surface area contributed by atoms with Crippen LogP contribution in [-0.2, 0) is 20.3 Å². The number of benzene rings is 1. The Balaban J connectivity index is 1.49.